The van der Waals surface area contributed by atoms with Crippen molar-refractivity contribution in [3.05, 3.63) is 36.0 Å². The van der Waals surface area contributed by atoms with E-state index < -0.39 is 5.60 Å². The summed E-state index contributed by atoms with van der Waals surface area (Å²) in [5.41, 5.74) is 1.29. The summed E-state index contributed by atoms with van der Waals surface area (Å²) in [7, 11) is 0. The Morgan fingerprint density at radius 2 is 2.12 bits per heavy atom. The number of aromatic nitrogens is 1. The maximum Gasteiger partial charge on any atom is 0.410 e. The first-order valence-electron chi connectivity index (χ1n) is 8.38. The highest BCUT2D eigenvalue weighted by Crippen LogP contribution is 2.33. The molecular weight excluding hydrogens is 304 g/mol. The van der Waals surface area contributed by atoms with Crippen molar-refractivity contribution in [3.8, 4) is 5.75 Å². The molecule has 1 atom stereocenters. The lowest BCUT2D eigenvalue weighted by Crippen LogP contribution is -2.40. The zero-order valence-corrected chi connectivity index (χ0v) is 14.7. The second-order valence-corrected chi connectivity index (χ2v) is 7.14. The first kappa shape index (κ1) is 16.6. The third-order valence-electron chi connectivity index (χ3n) is 3.98. The van der Waals surface area contributed by atoms with Gasteiger partial charge in [-0.05, 0) is 39.3 Å². The molecule has 0 spiro atoms. The van der Waals surface area contributed by atoms with Gasteiger partial charge in [-0.15, -0.1) is 0 Å². The number of pyridine rings is 1. The van der Waals surface area contributed by atoms with E-state index in [1.165, 1.54) is 0 Å². The van der Waals surface area contributed by atoms with Gasteiger partial charge in [0.05, 0.1) is 18.6 Å². The first-order valence-corrected chi connectivity index (χ1v) is 8.38. The third kappa shape index (κ3) is 3.45. The quantitative estimate of drug-likeness (QED) is 0.789. The maximum absolute atomic E-state index is 12.5. The van der Waals surface area contributed by atoms with Crippen LogP contribution in [0.2, 0.25) is 0 Å². The molecule has 0 saturated carbocycles. The fourth-order valence-electron chi connectivity index (χ4n) is 2.81. The van der Waals surface area contributed by atoms with Crippen LogP contribution < -0.4 is 4.74 Å². The second kappa shape index (κ2) is 6.30. The van der Waals surface area contributed by atoms with Crippen LogP contribution in [0.15, 0.2) is 30.5 Å². The number of carbonyl (C=O) groups excluding carboxylic acids is 1. The third-order valence-corrected chi connectivity index (χ3v) is 3.98. The molecule has 0 fully saturated rings. The topological polar surface area (TPSA) is 51.7 Å². The average Bonchev–Trinajstić information content (AvgIpc) is 2.72. The van der Waals surface area contributed by atoms with E-state index in [-0.39, 0.29) is 12.2 Å². The molecule has 1 aromatic heterocycles. The largest absolute Gasteiger partial charge is 0.487 e. The summed E-state index contributed by atoms with van der Waals surface area (Å²) >= 11 is 0. The van der Waals surface area contributed by atoms with Gasteiger partial charge in [-0.1, -0.05) is 19.1 Å². The number of hydrogen-bond donors (Lipinski definition) is 0. The number of fused-ring (bicyclic) bond motifs is 3. The Bertz CT molecular complexity index is 752. The molecule has 0 bridgehead atoms. The number of rotatable bonds is 1. The number of para-hydroxylation sites is 1. The highest BCUT2D eigenvalue weighted by atomic mass is 16.6. The molecular formula is C19H24N2O3. The van der Waals surface area contributed by atoms with Crippen LogP contribution in [0.4, 0.5) is 4.79 Å². The van der Waals surface area contributed by atoms with E-state index in [2.05, 4.69) is 11.9 Å². The normalized spacial score (nSPS) is 17.8. The van der Waals surface area contributed by atoms with Crippen molar-refractivity contribution in [2.45, 2.75) is 52.4 Å². The SMILES string of the molecule is CC[C@@H]1CN(C(=O)OC(C)(C)C)Cc2cnc3ccccc3c2O1. The minimum absolute atomic E-state index is 0.0652. The van der Waals surface area contributed by atoms with Gasteiger partial charge in [-0.3, -0.25) is 9.88 Å². The van der Waals surface area contributed by atoms with Gasteiger partial charge in [0.15, 0.2) is 0 Å². The van der Waals surface area contributed by atoms with Crippen LogP contribution in [0.5, 0.6) is 5.75 Å². The molecule has 5 heteroatoms. The van der Waals surface area contributed by atoms with Gasteiger partial charge in [0.2, 0.25) is 0 Å². The summed E-state index contributed by atoms with van der Waals surface area (Å²) in [6.45, 7) is 8.64. The predicted molar refractivity (Wildman–Crippen MR) is 93.1 cm³/mol. The molecule has 0 radical (unpaired) electrons. The maximum atomic E-state index is 12.5. The summed E-state index contributed by atoms with van der Waals surface area (Å²) in [5.74, 6) is 0.832. The van der Waals surface area contributed by atoms with E-state index in [4.69, 9.17) is 9.47 Å². The Morgan fingerprint density at radius 3 is 2.83 bits per heavy atom. The van der Waals surface area contributed by atoms with Gasteiger partial charge in [-0.2, -0.15) is 0 Å². The standard InChI is InChI=1S/C19H24N2O3/c1-5-14-12-21(18(22)24-19(2,3)4)11-13-10-20-16-9-7-6-8-15(16)17(13)23-14/h6-10,14H,5,11-12H2,1-4H3/t14-/m1/s1. The van der Waals surface area contributed by atoms with E-state index in [1.807, 2.05) is 45.0 Å². The van der Waals surface area contributed by atoms with Gasteiger partial charge in [0.1, 0.15) is 17.5 Å². The van der Waals surface area contributed by atoms with E-state index in [9.17, 15) is 4.79 Å². The zero-order chi connectivity index (χ0) is 17.3. The lowest BCUT2D eigenvalue weighted by molar-refractivity contribution is 0.0177. The van der Waals surface area contributed by atoms with Crippen molar-refractivity contribution in [2.75, 3.05) is 6.54 Å². The second-order valence-electron chi connectivity index (χ2n) is 7.14. The van der Waals surface area contributed by atoms with E-state index in [0.29, 0.717) is 13.1 Å². The van der Waals surface area contributed by atoms with Crippen LogP contribution in [-0.2, 0) is 11.3 Å². The fraction of sp³-hybridized carbons (Fsp3) is 0.474. The average molecular weight is 328 g/mol. The van der Waals surface area contributed by atoms with Crippen molar-refractivity contribution in [3.63, 3.8) is 0 Å². The molecule has 0 N–H and O–H groups in total. The van der Waals surface area contributed by atoms with Crippen molar-refractivity contribution in [1.29, 1.82) is 0 Å². The van der Waals surface area contributed by atoms with E-state index in [0.717, 1.165) is 28.6 Å². The van der Waals surface area contributed by atoms with Gasteiger partial charge in [0, 0.05) is 17.1 Å². The summed E-state index contributed by atoms with van der Waals surface area (Å²) in [6, 6.07) is 7.92. The molecule has 0 saturated heterocycles. The molecule has 24 heavy (non-hydrogen) atoms. The minimum atomic E-state index is -0.517. The van der Waals surface area contributed by atoms with Gasteiger partial charge >= 0.3 is 6.09 Å². The van der Waals surface area contributed by atoms with E-state index >= 15 is 0 Å². The minimum Gasteiger partial charge on any atom is -0.487 e. The number of nitrogens with zero attached hydrogens (tertiary/aromatic N) is 2. The van der Waals surface area contributed by atoms with Crippen molar-refractivity contribution in [2.24, 2.45) is 0 Å². The van der Waals surface area contributed by atoms with Gasteiger partial charge < -0.3 is 9.47 Å². The molecule has 2 aromatic rings. The Balaban J connectivity index is 1.98. The number of hydrogen-bond acceptors (Lipinski definition) is 4. The van der Waals surface area contributed by atoms with Crippen LogP contribution in [-0.4, -0.2) is 34.2 Å². The van der Waals surface area contributed by atoms with E-state index in [1.54, 1.807) is 11.1 Å². The first-order chi connectivity index (χ1) is 11.4. The Kier molecular flexibility index (Phi) is 4.35. The fourth-order valence-corrected chi connectivity index (χ4v) is 2.81. The van der Waals surface area contributed by atoms with Crippen LogP contribution in [0, 0.1) is 0 Å². The number of amides is 1. The zero-order valence-electron chi connectivity index (χ0n) is 14.7. The highest BCUT2D eigenvalue weighted by Gasteiger charge is 2.29. The smallest absolute Gasteiger partial charge is 0.410 e. The Labute approximate surface area is 142 Å². The number of benzene rings is 1. The van der Waals surface area contributed by atoms with Crippen LogP contribution in [0.3, 0.4) is 0 Å². The number of carbonyl (C=O) groups is 1. The lowest BCUT2D eigenvalue weighted by atomic mass is 10.1. The Hall–Kier alpha value is -2.30. The summed E-state index contributed by atoms with van der Waals surface area (Å²) in [6.07, 6.45) is 2.23. The molecule has 128 valence electrons. The summed E-state index contributed by atoms with van der Waals surface area (Å²) in [4.78, 5) is 18.7. The molecule has 2 heterocycles. The summed E-state index contributed by atoms with van der Waals surface area (Å²) < 4.78 is 11.8. The molecule has 5 nitrogen and oxygen atoms in total. The van der Waals surface area contributed by atoms with Crippen LogP contribution in [0.25, 0.3) is 10.9 Å². The molecule has 1 amide bonds. The molecule has 1 aromatic carbocycles. The molecule has 0 unspecified atom stereocenters. The summed E-state index contributed by atoms with van der Waals surface area (Å²) in [5, 5.41) is 0.986. The van der Waals surface area contributed by atoms with Gasteiger partial charge in [-0.25, -0.2) is 4.79 Å². The molecule has 1 aliphatic heterocycles. The van der Waals surface area contributed by atoms with Crippen LogP contribution >= 0.6 is 0 Å². The van der Waals surface area contributed by atoms with Gasteiger partial charge in [0.25, 0.3) is 0 Å². The highest BCUT2D eigenvalue weighted by molar-refractivity contribution is 5.86. The van der Waals surface area contributed by atoms with Crippen molar-refractivity contribution < 1.29 is 14.3 Å². The predicted octanol–water partition coefficient (Wildman–Crippen LogP) is 4.14. The molecule has 0 aliphatic carbocycles. The molecule has 3 rings (SSSR count). The monoisotopic (exact) mass is 328 g/mol. The molecule has 1 aliphatic rings. The van der Waals surface area contributed by atoms with Crippen LogP contribution in [0.1, 0.15) is 39.7 Å². The lowest BCUT2D eigenvalue weighted by Gasteiger charge is -2.27. The number of ether oxygens (including phenoxy) is 2. The van der Waals surface area contributed by atoms with Crippen molar-refractivity contribution >= 4 is 17.0 Å². The van der Waals surface area contributed by atoms with Crippen molar-refractivity contribution in [1.82, 2.24) is 9.88 Å². The Morgan fingerprint density at radius 1 is 1.38 bits per heavy atom.